The highest BCUT2D eigenvalue weighted by atomic mass is 16.2. The molecule has 5 heteroatoms. The molecule has 1 aliphatic heterocycles. The van der Waals surface area contributed by atoms with Crippen LogP contribution in [0.15, 0.2) is 24.4 Å². The van der Waals surface area contributed by atoms with E-state index >= 15 is 0 Å². The second-order valence-electron chi connectivity index (χ2n) is 7.62. The van der Waals surface area contributed by atoms with E-state index in [1.807, 2.05) is 15.6 Å². The molecule has 0 unspecified atom stereocenters. The van der Waals surface area contributed by atoms with E-state index in [1.54, 1.807) is 6.20 Å². The number of aromatic nitrogens is 2. The first kappa shape index (κ1) is 16.6. The molecule has 24 heavy (non-hydrogen) atoms. The number of hydrogen-bond acceptors (Lipinski definition) is 2. The summed E-state index contributed by atoms with van der Waals surface area (Å²) in [4.78, 5) is 14.6. The first-order chi connectivity index (χ1) is 11.3. The van der Waals surface area contributed by atoms with E-state index in [2.05, 4.69) is 57.2 Å². The predicted octanol–water partition coefficient (Wildman–Crippen LogP) is 3.85. The van der Waals surface area contributed by atoms with Crippen molar-refractivity contribution in [2.45, 2.75) is 53.1 Å². The number of fused-ring (bicyclic) bond motifs is 1. The highest BCUT2D eigenvalue weighted by molar-refractivity contribution is 5.88. The first-order valence-corrected chi connectivity index (χ1v) is 8.45. The fourth-order valence-electron chi connectivity index (χ4n) is 3.41. The SMILES string of the molecule is Cc1cc(C)c2c(c1)CN(C(=O)Nc1ccnn1C(C)(C)C)CC2. The molecule has 3 rings (SSSR count). The second-order valence-corrected chi connectivity index (χ2v) is 7.62. The Labute approximate surface area is 143 Å². The van der Waals surface area contributed by atoms with E-state index in [4.69, 9.17) is 0 Å². The van der Waals surface area contributed by atoms with Crippen LogP contribution in [-0.4, -0.2) is 27.3 Å². The van der Waals surface area contributed by atoms with Gasteiger partial charge in [0, 0.05) is 19.2 Å². The lowest BCUT2D eigenvalue weighted by molar-refractivity contribution is 0.206. The van der Waals surface area contributed by atoms with Gasteiger partial charge in [-0.1, -0.05) is 17.7 Å². The third-order valence-electron chi connectivity index (χ3n) is 4.50. The molecule has 0 atom stereocenters. The standard InChI is InChI=1S/C19H26N4O/c1-13-10-14(2)16-7-9-22(12-15(16)11-13)18(24)21-17-6-8-20-23(17)19(3,4)5/h6,8,10-11H,7,9,12H2,1-5H3,(H,21,24). The molecule has 2 heterocycles. The largest absolute Gasteiger partial charge is 0.323 e. The number of hydrogen-bond donors (Lipinski definition) is 1. The zero-order valence-corrected chi connectivity index (χ0v) is 15.2. The van der Waals surface area contributed by atoms with Gasteiger partial charge in [0.1, 0.15) is 5.82 Å². The van der Waals surface area contributed by atoms with Crippen LogP contribution in [0, 0.1) is 13.8 Å². The molecule has 0 bridgehead atoms. The van der Waals surface area contributed by atoms with Gasteiger partial charge in [-0.2, -0.15) is 5.10 Å². The van der Waals surface area contributed by atoms with Gasteiger partial charge >= 0.3 is 6.03 Å². The summed E-state index contributed by atoms with van der Waals surface area (Å²) in [6.45, 7) is 11.9. The number of aryl methyl sites for hydroxylation is 2. The topological polar surface area (TPSA) is 50.2 Å². The second kappa shape index (κ2) is 5.96. The van der Waals surface area contributed by atoms with Crippen molar-refractivity contribution in [3.05, 3.63) is 46.6 Å². The third kappa shape index (κ3) is 3.16. The van der Waals surface area contributed by atoms with Gasteiger partial charge in [0.15, 0.2) is 0 Å². The minimum Gasteiger partial charge on any atom is -0.320 e. The van der Waals surface area contributed by atoms with Gasteiger partial charge in [-0.3, -0.25) is 5.32 Å². The van der Waals surface area contributed by atoms with Gasteiger partial charge in [-0.05, 0) is 57.7 Å². The first-order valence-electron chi connectivity index (χ1n) is 8.45. The average Bonchev–Trinajstić information content (AvgIpc) is 2.94. The summed E-state index contributed by atoms with van der Waals surface area (Å²) in [5.74, 6) is 0.735. The van der Waals surface area contributed by atoms with Crippen LogP contribution in [-0.2, 0) is 18.5 Å². The fraction of sp³-hybridized carbons (Fsp3) is 0.474. The van der Waals surface area contributed by atoms with E-state index < -0.39 is 0 Å². The minimum absolute atomic E-state index is 0.0641. The van der Waals surface area contributed by atoms with E-state index in [-0.39, 0.29) is 11.6 Å². The zero-order chi connectivity index (χ0) is 17.5. The number of carbonyl (C=O) groups is 1. The van der Waals surface area contributed by atoms with E-state index in [0.717, 1.165) is 18.8 Å². The van der Waals surface area contributed by atoms with Crippen molar-refractivity contribution >= 4 is 11.8 Å². The van der Waals surface area contributed by atoms with E-state index in [9.17, 15) is 4.79 Å². The van der Waals surface area contributed by atoms with E-state index in [0.29, 0.717) is 6.54 Å². The van der Waals surface area contributed by atoms with E-state index in [1.165, 1.54) is 22.3 Å². The smallest absolute Gasteiger partial charge is 0.320 e. The summed E-state index contributed by atoms with van der Waals surface area (Å²) < 4.78 is 1.84. The van der Waals surface area contributed by atoms with Crippen LogP contribution in [0.1, 0.15) is 43.0 Å². The van der Waals surface area contributed by atoms with Gasteiger partial charge in [-0.25, -0.2) is 9.48 Å². The maximum absolute atomic E-state index is 12.7. The predicted molar refractivity (Wildman–Crippen MR) is 96.3 cm³/mol. The van der Waals surface area contributed by atoms with Crippen molar-refractivity contribution in [2.24, 2.45) is 0 Å². The van der Waals surface area contributed by atoms with Crippen LogP contribution in [0.5, 0.6) is 0 Å². The Morgan fingerprint density at radius 2 is 2.00 bits per heavy atom. The lowest BCUT2D eigenvalue weighted by atomic mass is 9.93. The van der Waals surface area contributed by atoms with Crippen molar-refractivity contribution < 1.29 is 4.79 Å². The molecule has 0 aliphatic carbocycles. The molecule has 128 valence electrons. The summed E-state index contributed by atoms with van der Waals surface area (Å²) in [6.07, 6.45) is 2.63. The lowest BCUT2D eigenvalue weighted by Crippen LogP contribution is -2.40. The van der Waals surface area contributed by atoms with Crippen molar-refractivity contribution in [3.63, 3.8) is 0 Å². The maximum atomic E-state index is 12.7. The Balaban J connectivity index is 1.77. The maximum Gasteiger partial charge on any atom is 0.323 e. The molecule has 0 saturated heterocycles. The van der Waals surface area contributed by atoms with Crippen LogP contribution in [0.2, 0.25) is 0 Å². The summed E-state index contributed by atoms with van der Waals surface area (Å²) in [5, 5.41) is 7.34. The molecule has 0 fully saturated rings. The molecule has 0 saturated carbocycles. The molecule has 0 spiro atoms. The van der Waals surface area contributed by atoms with Crippen LogP contribution in [0.3, 0.4) is 0 Å². The molecule has 0 radical (unpaired) electrons. The van der Waals surface area contributed by atoms with Crippen LogP contribution >= 0.6 is 0 Å². The van der Waals surface area contributed by atoms with Crippen molar-refractivity contribution in [3.8, 4) is 0 Å². The number of rotatable bonds is 1. The summed E-state index contributed by atoms with van der Waals surface area (Å²) in [5.41, 5.74) is 5.06. The Kier molecular flexibility index (Phi) is 4.11. The fourth-order valence-corrected chi connectivity index (χ4v) is 3.41. The number of nitrogens with zero attached hydrogens (tertiary/aromatic N) is 3. The van der Waals surface area contributed by atoms with Crippen LogP contribution in [0.25, 0.3) is 0 Å². The molecule has 1 N–H and O–H groups in total. The Morgan fingerprint density at radius 3 is 2.71 bits per heavy atom. The van der Waals surface area contributed by atoms with Gasteiger partial charge < -0.3 is 4.90 Å². The number of benzene rings is 1. The lowest BCUT2D eigenvalue weighted by Gasteiger charge is -2.31. The summed E-state index contributed by atoms with van der Waals surface area (Å²) >= 11 is 0. The normalized spacial score (nSPS) is 14.5. The Bertz CT molecular complexity index is 770. The molecular formula is C19H26N4O. The summed E-state index contributed by atoms with van der Waals surface area (Å²) in [6, 6.07) is 6.19. The van der Waals surface area contributed by atoms with Crippen molar-refractivity contribution in [2.75, 3.05) is 11.9 Å². The average molecular weight is 326 g/mol. The molecule has 2 amide bonds. The third-order valence-corrected chi connectivity index (χ3v) is 4.50. The molecule has 1 aromatic carbocycles. The van der Waals surface area contributed by atoms with Gasteiger partial charge in [0.05, 0.1) is 11.7 Å². The highest BCUT2D eigenvalue weighted by Crippen LogP contribution is 2.25. The number of anilines is 1. The van der Waals surface area contributed by atoms with Crippen molar-refractivity contribution in [1.29, 1.82) is 0 Å². The van der Waals surface area contributed by atoms with Crippen LogP contribution in [0.4, 0.5) is 10.6 Å². The van der Waals surface area contributed by atoms with Crippen molar-refractivity contribution in [1.82, 2.24) is 14.7 Å². The Hall–Kier alpha value is -2.30. The summed E-state index contributed by atoms with van der Waals surface area (Å²) in [7, 11) is 0. The van der Waals surface area contributed by atoms with Gasteiger partial charge in [-0.15, -0.1) is 0 Å². The number of carbonyl (C=O) groups excluding carboxylic acids is 1. The molecule has 1 aliphatic rings. The van der Waals surface area contributed by atoms with Gasteiger partial charge in [0.25, 0.3) is 0 Å². The molecule has 2 aromatic rings. The van der Waals surface area contributed by atoms with Gasteiger partial charge in [0.2, 0.25) is 0 Å². The minimum atomic E-state index is -0.172. The zero-order valence-electron chi connectivity index (χ0n) is 15.2. The quantitative estimate of drug-likeness (QED) is 0.865. The molecular weight excluding hydrogens is 300 g/mol. The number of urea groups is 1. The molecule has 5 nitrogen and oxygen atoms in total. The monoisotopic (exact) mass is 326 g/mol. The van der Waals surface area contributed by atoms with Crippen LogP contribution < -0.4 is 5.32 Å². The molecule has 1 aromatic heterocycles. The number of nitrogens with one attached hydrogen (secondary N) is 1. The highest BCUT2D eigenvalue weighted by Gasteiger charge is 2.24. The number of amides is 2. The Morgan fingerprint density at radius 1 is 1.25 bits per heavy atom.